The van der Waals surface area contributed by atoms with Crippen LogP contribution in [0.15, 0.2) is 60.9 Å². The number of aromatic nitrogens is 1. The number of nitrogens with one attached hydrogen (secondary N) is 1. The van der Waals surface area contributed by atoms with E-state index in [2.05, 4.69) is 10.2 Å². The Balaban J connectivity index is 1.23. The monoisotopic (exact) mass is 509 g/mol. The molecule has 11 heteroatoms. The molecule has 1 amide bonds. The molecule has 1 N–H and O–H groups in total. The maximum atomic E-state index is 13.2. The van der Waals surface area contributed by atoms with Gasteiger partial charge < -0.3 is 19.4 Å². The molecule has 1 aliphatic heterocycles. The zero-order valence-electron chi connectivity index (χ0n) is 19.1. The van der Waals surface area contributed by atoms with Crippen LogP contribution in [0.1, 0.15) is 11.1 Å². The molecular formula is C25H24F5N3O3. The molecule has 36 heavy (non-hydrogen) atoms. The van der Waals surface area contributed by atoms with Crippen molar-refractivity contribution in [3.63, 3.8) is 0 Å². The SMILES string of the molecule is O=C(COc1ccc(F)c(F)c1)NCC1CN(Cc2ccn(-c3ccc(C(F)(F)F)cc3)c2)CCO1. The zero-order chi connectivity index (χ0) is 25.7. The first-order chi connectivity index (χ1) is 17.2. The van der Waals surface area contributed by atoms with Crippen LogP contribution in [0.5, 0.6) is 5.75 Å². The Kier molecular flexibility index (Phi) is 7.90. The van der Waals surface area contributed by atoms with Gasteiger partial charge in [-0.1, -0.05) is 0 Å². The van der Waals surface area contributed by atoms with E-state index in [1.54, 1.807) is 10.8 Å². The number of amides is 1. The fraction of sp³-hybridized carbons (Fsp3) is 0.320. The van der Waals surface area contributed by atoms with Crippen LogP contribution in [0.2, 0.25) is 0 Å². The number of rotatable bonds is 8. The highest BCUT2D eigenvalue weighted by molar-refractivity contribution is 5.77. The van der Waals surface area contributed by atoms with E-state index < -0.39 is 29.3 Å². The largest absolute Gasteiger partial charge is 0.484 e. The van der Waals surface area contributed by atoms with Gasteiger partial charge in [-0.3, -0.25) is 9.69 Å². The fourth-order valence-electron chi connectivity index (χ4n) is 3.82. The van der Waals surface area contributed by atoms with Crippen molar-refractivity contribution >= 4 is 5.91 Å². The van der Waals surface area contributed by atoms with Gasteiger partial charge in [0.05, 0.1) is 18.3 Å². The molecule has 0 bridgehead atoms. The highest BCUT2D eigenvalue weighted by Crippen LogP contribution is 2.29. The minimum atomic E-state index is -4.37. The second-order valence-corrected chi connectivity index (χ2v) is 8.37. The van der Waals surface area contributed by atoms with Crippen LogP contribution < -0.4 is 10.1 Å². The number of halogens is 5. The summed E-state index contributed by atoms with van der Waals surface area (Å²) in [5.74, 6) is -2.43. The summed E-state index contributed by atoms with van der Waals surface area (Å²) in [4.78, 5) is 14.2. The lowest BCUT2D eigenvalue weighted by Gasteiger charge is -2.32. The summed E-state index contributed by atoms with van der Waals surface area (Å²) in [6.07, 6.45) is -0.960. The summed E-state index contributed by atoms with van der Waals surface area (Å²) in [5.41, 5.74) is 0.919. The number of alkyl halides is 3. The van der Waals surface area contributed by atoms with Gasteiger partial charge in [0.1, 0.15) is 5.75 Å². The molecule has 0 radical (unpaired) electrons. The average Bonchev–Trinajstić information content (AvgIpc) is 3.31. The second kappa shape index (κ2) is 11.1. The van der Waals surface area contributed by atoms with E-state index in [0.29, 0.717) is 31.9 Å². The van der Waals surface area contributed by atoms with Gasteiger partial charge in [-0.15, -0.1) is 0 Å². The third-order valence-corrected chi connectivity index (χ3v) is 5.66. The molecule has 6 nitrogen and oxygen atoms in total. The van der Waals surface area contributed by atoms with Crippen molar-refractivity contribution in [2.24, 2.45) is 0 Å². The van der Waals surface area contributed by atoms with Crippen LogP contribution in [-0.2, 0) is 22.3 Å². The Morgan fingerprint density at radius 3 is 2.58 bits per heavy atom. The predicted octanol–water partition coefficient (Wildman–Crippen LogP) is 4.17. The van der Waals surface area contributed by atoms with Gasteiger partial charge in [-0.2, -0.15) is 13.2 Å². The standard InChI is InChI=1S/C25H24F5N3O3/c26-22-6-5-20(11-23(22)27)36-16-24(34)31-12-21-15-32(9-10-35-21)13-17-7-8-33(14-17)19-3-1-18(2-4-19)25(28,29)30/h1-8,11,14,21H,9-10,12-13,15-16H2,(H,31,34). The van der Waals surface area contributed by atoms with Crippen molar-refractivity contribution < 1.29 is 36.2 Å². The molecule has 2 heterocycles. The highest BCUT2D eigenvalue weighted by Gasteiger charge is 2.30. The van der Waals surface area contributed by atoms with E-state index in [9.17, 15) is 26.7 Å². The fourth-order valence-corrected chi connectivity index (χ4v) is 3.82. The maximum Gasteiger partial charge on any atom is 0.416 e. The first kappa shape index (κ1) is 25.6. The molecule has 3 aromatic rings. The Morgan fingerprint density at radius 1 is 1.08 bits per heavy atom. The van der Waals surface area contributed by atoms with Gasteiger partial charge in [0.25, 0.3) is 5.91 Å². The second-order valence-electron chi connectivity index (χ2n) is 8.37. The van der Waals surface area contributed by atoms with Crippen molar-refractivity contribution in [1.29, 1.82) is 0 Å². The number of benzene rings is 2. The van der Waals surface area contributed by atoms with Gasteiger partial charge in [-0.05, 0) is 48.0 Å². The van der Waals surface area contributed by atoms with Gasteiger partial charge in [0, 0.05) is 50.3 Å². The lowest BCUT2D eigenvalue weighted by Crippen LogP contribution is -2.47. The molecule has 1 saturated heterocycles. The van der Waals surface area contributed by atoms with Crippen molar-refractivity contribution in [3.8, 4) is 11.4 Å². The molecule has 1 unspecified atom stereocenters. The van der Waals surface area contributed by atoms with Gasteiger partial charge in [-0.25, -0.2) is 8.78 Å². The Bertz CT molecular complexity index is 1180. The minimum absolute atomic E-state index is 0.0485. The third-order valence-electron chi connectivity index (χ3n) is 5.66. The number of carbonyl (C=O) groups is 1. The van der Waals surface area contributed by atoms with Crippen molar-refractivity contribution in [3.05, 3.63) is 83.7 Å². The Morgan fingerprint density at radius 2 is 1.86 bits per heavy atom. The van der Waals surface area contributed by atoms with E-state index in [-0.39, 0.29) is 25.0 Å². The first-order valence-corrected chi connectivity index (χ1v) is 11.2. The molecule has 1 fully saturated rings. The van der Waals surface area contributed by atoms with Crippen molar-refractivity contribution in [2.45, 2.75) is 18.8 Å². The van der Waals surface area contributed by atoms with Gasteiger partial charge >= 0.3 is 6.18 Å². The topological polar surface area (TPSA) is 55.7 Å². The Labute approximate surface area is 204 Å². The number of hydrogen-bond donors (Lipinski definition) is 1. The highest BCUT2D eigenvalue weighted by atomic mass is 19.4. The van der Waals surface area contributed by atoms with Crippen LogP contribution >= 0.6 is 0 Å². The molecule has 2 aromatic carbocycles. The summed E-state index contributed by atoms with van der Waals surface area (Å²) in [5, 5.41) is 2.71. The molecule has 1 aromatic heterocycles. The van der Waals surface area contributed by atoms with Crippen molar-refractivity contribution in [2.75, 3.05) is 32.8 Å². The first-order valence-electron chi connectivity index (χ1n) is 11.2. The number of carbonyl (C=O) groups excluding carboxylic acids is 1. The summed E-state index contributed by atoms with van der Waals surface area (Å²) < 4.78 is 77.2. The quantitative estimate of drug-likeness (QED) is 0.464. The number of morpholine rings is 1. The number of nitrogens with zero attached hydrogens (tertiary/aromatic N) is 2. The molecule has 0 spiro atoms. The minimum Gasteiger partial charge on any atom is -0.484 e. The van der Waals surface area contributed by atoms with Gasteiger partial charge in [0.15, 0.2) is 18.2 Å². The lowest BCUT2D eigenvalue weighted by atomic mass is 10.2. The van der Waals surface area contributed by atoms with E-state index in [4.69, 9.17) is 9.47 Å². The molecule has 4 rings (SSSR count). The van der Waals surface area contributed by atoms with E-state index >= 15 is 0 Å². The summed E-state index contributed by atoms with van der Waals surface area (Å²) in [6, 6.07) is 9.89. The maximum absolute atomic E-state index is 13.2. The molecule has 0 saturated carbocycles. The Hall–Kier alpha value is -3.44. The van der Waals surface area contributed by atoms with Gasteiger partial charge in [0.2, 0.25) is 0 Å². The van der Waals surface area contributed by atoms with E-state index in [1.807, 2.05) is 12.3 Å². The van der Waals surface area contributed by atoms with E-state index in [0.717, 1.165) is 29.8 Å². The number of ether oxygens (including phenoxy) is 2. The lowest BCUT2D eigenvalue weighted by molar-refractivity contribution is -0.137. The normalized spacial score (nSPS) is 16.6. The van der Waals surface area contributed by atoms with Crippen LogP contribution in [0.4, 0.5) is 22.0 Å². The van der Waals surface area contributed by atoms with E-state index in [1.165, 1.54) is 18.2 Å². The van der Waals surface area contributed by atoms with Crippen LogP contribution in [0.3, 0.4) is 0 Å². The summed E-state index contributed by atoms with van der Waals surface area (Å²) >= 11 is 0. The van der Waals surface area contributed by atoms with Crippen LogP contribution in [-0.4, -0.2) is 54.3 Å². The van der Waals surface area contributed by atoms with Crippen LogP contribution in [0.25, 0.3) is 5.69 Å². The zero-order valence-corrected chi connectivity index (χ0v) is 19.1. The summed E-state index contributed by atoms with van der Waals surface area (Å²) in [7, 11) is 0. The van der Waals surface area contributed by atoms with Crippen LogP contribution in [0, 0.1) is 11.6 Å². The molecule has 0 aliphatic carbocycles. The average molecular weight is 509 g/mol. The smallest absolute Gasteiger partial charge is 0.416 e. The predicted molar refractivity (Wildman–Crippen MR) is 121 cm³/mol. The summed E-state index contributed by atoms with van der Waals surface area (Å²) in [6.45, 7) is 2.25. The molecular weight excluding hydrogens is 485 g/mol. The number of hydrogen-bond acceptors (Lipinski definition) is 4. The molecule has 1 aliphatic rings. The molecule has 1 atom stereocenters. The van der Waals surface area contributed by atoms with Crippen molar-refractivity contribution in [1.82, 2.24) is 14.8 Å². The molecule has 192 valence electrons. The third kappa shape index (κ3) is 6.82.